The molecule has 0 aliphatic carbocycles. The molecule has 2 aromatic carbocycles. The Morgan fingerprint density at radius 1 is 1.09 bits per heavy atom. The molecule has 0 fully saturated rings. The summed E-state index contributed by atoms with van der Waals surface area (Å²) in [5.74, 6) is 0.828. The molecule has 0 heterocycles. The van der Waals surface area contributed by atoms with E-state index in [-0.39, 0.29) is 6.61 Å². The van der Waals surface area contributed by atoms with E-state index >= 15 is 0 Å². The fraction of sp³-hybridized carbons (Fsp3) is 0.333. The standard InChI is InChI=1S/C18H24NO3P/c1-22-16-7-4-15(5-8-16)13-19-17-9-6-14(10-11-20)12-18(17)23(2,3)21/h4-9,12,19-20H,10-11,13H2,1-3H3. The van der Waals surface area contributed by atoms with Crippen LogP contribution in [0.15, 0.2) is 42.5 Å². The van der Waals surface area contributed by atoms with Crippen LogP contribution < -0.4 is 15.4 Å². The second-order valence-corrected chi connectivity index (χ2v) is 9.06. The number of ether oxygens (including phenoxy) is 1. The van der Waals surface area contributed by atoms with Crippen molar-refractivity contribution < 1.29 is 14.4 Å². The maximum atomic E-state index is 12.6. The number of methoxy groups -OCH3 is 1. The van der Waals surface area contributed by atoms with Crippen LogP contribution >= 0.6 is 7.14 Å². The largest absolute Gasteiger partial charge is 0.497 e. The first-order chi connectivity index (χ1) is 10.9. The van der Waals surface area contributed by atoms with Crippen molar-refractivity contribution in [1.82, 2.24) is 0 Å². The molecule has 2 rings (SSSR count). The zero-order chi connectivity index (χ0) is 16.9. The van der Waals surface area contributed by atoms with Gasteiger partial charge >= 0.3 is 0 Å². The zero-order valence-electron chi connectivity index (χ0n) is 13.9. The lowest BCUT2D eigenvalue weighted by Crippen LogP contribution is -2.13. The summed E-state index contributed by atoms with van der Waals surface area (Å²) in [5.41, 5.74) is 3.01. The van der Waals surface area contributed by atoms with Crippen LogP contribution in [-0.2, 0) is 17.5 Å². The van der Waals surface area contributed by atoms with Crippen LogP contribution in [0.3, 0.4) is 0 Å². The van der Waals surface area contributed by atoms with E-state index in [0.29, 0.717) is 13.0 Å². The molecule has 2 N–H and O–H groups in total. The Kier molecular flexibility index (Phi) is 5.86. The number of aliphatic hydroxyl groups excluding tert-OH is 1. The van der Waals surface area contributed by atoms with Gasteiger partial charge in [-0.3, -0.25) is 0 Å². The molecule has 0 unspecified atom stereocenters. The summed E-state index contributed by atoms with van der Waals surface area (Å²) in [6, 6.07) is 13.7. The smallest absolute Gasteiger partial charge is 0.118 e. The first-order valence-electron chi connectivity index (χ1n) is 7.60. The Hall–Kier alpha value is -1.77. The van der Waals surface area contributed by atoms with Gasteiger partial charge in [-0.1, -0.05) is 18.2 Å². The van der Waals surface area contributed by atoms with Crippen LogP contribution in [0.25, 0.3) is 0 Å². The highest BCUT2D eigenvalue weighted by atomic mass is 31.2. The third-order valence-corrected chi connectivity index (χ3v) is 5.22. The summed E-state index contributed by atoms with van der Waals surface area (Å²) in [6.07, 6.45) is 0.575. The molecule has 0 radical (unpaired) electrons. The van der Waals surface area contributed by atoms with Crippen molar-refractivity contribution in [3.8, 4) is 5.75 Å². The highest BCUT2D eigenvalue weighted by Gasteiger charge is 2.16. The Morgan fingerprint density at radius 2 is 1.74 bits per heavy atom. The van der Waals surface area contributed by atoms with Gasteiger partial charge in [-0.05, 0) is 55.1 Å². The maximum Gasteiger partial charge on any atom is 0.118 e. The highest BCUT2D eigenvalue weighted by molar-refractivity contribution is 7.70. The molecular weight excluding hydrogens is 309 g/mol. The number of anilines is 1. The van der Waals surface area contributed by atoms with E-state index in [0.717, 1.165) is 27.9 Å². The molecule has 23 heavy (non-hydrogen) atoms. The molecule has 0 aliphatic rings. The quantitative estimate of drug-likeness (QED) is 0.765. The van der Waals surface area contributed by atoms with E-state index in [1.165, 1.54) is 0 Å². The van der Waals surface area contributed by atoms with Crippen molar-refractivity contribution in [3.05, 3.63) is 53.6 Å². The number of hydrogen-bond donors (Lipinski definition) is 2. The molecule has 0 saturated heterocycles. The van der Waals surface area contributed by atoms with Gasteiger partial charge in [0.25, 0.3) is 0 Å². The first kappa shape index (κ1) is 17.6. The lowest BCUT2D eigenvalue weighted by atomic mass is 10.1. The predicted molar refractivity (Wildman–Crippen MR) is 96.6 cm³/mol. The fourth-order valence-electron chi connectivity index (χ4n) is 2.40. The number of aliphatic hydroxyl groups is 1. The summed E-state index contributed by atoms with van der Waals surface area (Å²) in [7, 11) is -0.758. The van der Waals surface area contributed by atoms with Crippen molar-refractivity contribution in [2.75, 3.05) is 32.4 Å². The van der Waals surface area contributed by atoms with Crippen molar-refractivity contribution in [2.45, 2.75) is 13.0 Å². The molecule has 0 aliphatic heterocycles. The summed E-state index contributed by atoms with van der Waals surface area (Å²) in [5, 5.41) is 13.3. The summed E-state index contributed by atoms with van der Waals surface area (Å²) in [4.78, 5) is 0. The van der Waals surface area contributed by atoms with Gasteiger partial charge in [0.2, 0.25) is 0 Å². The van der Waals surface area contributed by atoms with Crippen LogP contribution in [0.4, 0.5) is 5.69 Å². The maximum absolute atomic E-state index is 12.6. The van der Waals surface area contributed by atoms with Crippen LogP contribution in [0.5, 0.6) is 5.75 Å². The minimum atomic E-state index is -2.40. The summed E-state index contributed by atoms with van der Waals surface area (Å²) < 4.78 is 17.7. The Bertz CT molecular complexity index is 692. The molecule has 0 bridgehead atoms. The van der Waals surface area contributed by atoms with Crippen LogP contribution in [0, 0.1) is 0 Å². The number of nitrogens with one attached hydrogen (secondary N) is 1. The van der Waals surface area contributed by atoms with Crippen LogP contribution in [0.1, 0.15) is 11.1 Å². The van der Waals surface area contributed by atoms with E-state index in [9.17, 15) is 4.57 Å². The molecule has 0 amide bonds. The van der Waals surface area contributed by atoms with Crippen molar-refractivity contribution in [1.29, 1.82) is 0 Å². The van der Waals surface area contributed by atoms with E-state index in [1.54, 1.807) is 20.4 Å². The Morgan fingerprint density at radius 3 is 2.30 bits per heavy atom. The first-order valence-corrected chi connectivity index (χ1v) is 10.2. The normalized spacial score (nSPS) is 11.3. The monoisotopic (exact) mass is 333 g/mol. The van der Waals surface area contributed by atoms with Gasteiger partial charge in [0.05, 0.1) is 7.11 Å². The minimum absolute atomic E-state index is 0.0930. The zero-order valence-corrected chi connectivity index (χ0v) is 14.8. The van der Waals surface area contributed by atoms with Crippen molar-refractivity contribution in [2.24, 2.45) is 0 Å². The van der Waals surface area contributed by atoms with Gasteiger partial charge < -0.3 is 19.7 Å². The number of hydrogen-bond acceptors (Lipinski definition) is 4. The average molecular weight is 333 g/mol. The second kappa shape index (κ2) is 7.67. The van der Waals surface area contributed by atoms with E-state index in [4.69, 9.17) is 9.84 Å². The molecule has 0 spiro atoms. The minimum Gasteiger partial charge on any atom is -0.497 e. The topological polar surface area (TPSA) is 58.6 Å². The average Bonchev–Trinajstić information content (AvgIpc) is 2.53. The molecule has 0 saturated carbocycles. The van der Waals surface area contributed by atoms with E-state index in [2.05, 4.69) is 5.32 Å². The third-order valence-electron chi connectivity index (χ3n) is 3.68. The Balaban J connectivity index is 2.19. The molecule has 0 aromatic heterocycles. The molecular formula is C18H24NO3P. The van der Waals surface area contributed by atoms with Gasteiger partial charge in [0.15, 0.2) is 0 Å². The Labute approximate surface area is 137 Å². The highest BCUT2D eigenvalue weighted by Crippen LogP contribution is 2.38. The van der Waals surface area contributed by atoms with Crippen LogP contribution in [0.2, 0.25) is 0 Å². The van der Waals surface area contributed by atoms with Crippen molar-refractivity contribution in [3.63, 3.8) is 0 Å². The van der Waals surface area contributed by atoms with Gasteiger partial charge in [-0.25, -0.2) is 0 Å². The van der Waals surface area contributed by atoms with Crippen LogP contribution in [-0.4, -0.2) is 32.2 Å². The summed E-state index contributed by atoms with van der Waals surface area (Å²) in [6.45, 7) is 4.28. The van der Waals surface area contributed by atoms with E-state index in [1.807, 2.05) is 42.5 Å². The second-order valence-electron chi connectivity index (χ2n) is 5.88. The molecule has 124 valence electrons. The SMILES string of the molecule is COc1ccc(CNc2ccc(CCO)cc2P(C)(C)=O)cc1. The predicted octanol–water partition coefficient (Wildman–Crippen LogP) is 3.09. The molecule has 4 nitrogen and oxygen atoms in total. The number of benzene rings is 2. The molecule has 2 aromatic rings. The fourth-order valence-corrected chi connectivity index (χ4v) is 3.61. The lowest BCUT2D eigenvalue weighted by Gasteiger charge is -2.17. The van der Waals surface area contributed by atoms with Crippen molar-refractivity contribution >= 4 is 18.1 Å². The number of rotatable bonds is 7. The van der Waals surface area contributed by atoms with Gasteiger partial charge in [-0.15, -0.1) is 0 Å². The van der Waals surface area contributed by atoms with Gasteiger partial charge in [-0.2, -0.15) is 0 Å². The van der Waals surface area contributed by atoms with Gasteiger partial charge in [0.1, 0.15) is 12.9 Å². The molecule has 0 atom stereocenters. The molecule has 5 heteroatoms. The van der Waals surface area contributed by atoms with E-state index < -0.39 is 7.14 Å². The third kappa shape index (κ3) is 4.85. The van der Waals surface area contributed by atoms with Gasteiger partial charge in [0, 0.05) is 24.1 Å². The summed E-state index contributed by atoms with van der Waals surface area (Å²) >= 11 is 0. The lowest BCUT2D eigenvalue weighted by molar-refractivity contribution is 0.299.